The largest absolute Gasteiger partial charge is 0.342 e. The molecule has 3 rings (SSSR count). The number of hydrogen-bond acceptors (Lipinski definition) is 3. The second-order valence-electron chi connectivity index (χ2n) is 5.12. The third-order valence-electron chi connectivity index (χ3n) is 3.69. The molecule has 1 fully saturated rings. The van der Waals surface area contributed by atoms with Gasteiger partial charge >= 0.3 is 0 Å². The van der Waals surface area contributed by atoms with E-state index in [2.05, 4.69) is 4.98 Å². The number of amides is 1. The number of thioether (sulfide) groups is 1. The van der Waals surface area contributed by atoms with Gasteiger partial charge in [0.05, 0.1) is 17.5 Å². The number of nitrogens with zero attached hydrogens (tertiary/aromatic N) is 3. The molecule has 0 radical (unpaired) electrons. The van der Waals surface area contributed by atoms with Gasteiger partial charge in [0.2, 0.25) is 5.91 Å². The summed E-state index contributed by atoms with van der Waals surface area (Å²) in [7, 11) is 0. The highest BCUT2D eigenvalue weighted by Gasteiger charge is 2.16. The fraction of sp³-hybridized carbons (Fsp3) is 0.467. The van der Waals surface area contributed by atoms with Gasteiger partial charge in [0.1, 0.15) is 0 Å². The van der Waals surface area contributed by atoms with Gasteiger partial charge in [0, 0.05) is 19.3 Å². The Morgan fingerprint density at radius 3 is 2.80 bits per heavy atom. The van der Waals surface area contributed by atoms with E-state index >= 15 is 0 Å². The molecule has 0 unspecified atom stereocenters. The summed E-state index contributed by atoms with van der Waals surface area (Å²) in [6, 6.07) is 6.00. The smallest absolute Gasteiger partial charge is 0.233 e. The number of aromatic nitrogens is 2. The second kappa shape index (κ2) is 6.31. The second-order valence-corrected chi connectivity index (χ2v) is 6.06. The van der Waals surface area contributed by atoms with E-state index in [0.717, 1.165) is 36.6 Å². The van der Waals surface area contributed by atoms with E-state index < -0.39 is 0 Å². The summed E-state index contributed by atoms with van der Waals surface area (Å²) in [5, 5.41) is 0.892. The summed E-state index contributed by atoms with van der Waals surface area (Å²) < 4.78 is 2.03. The Kier molecular flexibility index (Phi) is 4.25. The van der Waals surface area contributed by atoms with Crippen LogP contribution < -0.4 is 0 Å². The molecule has 0 saturated carbocycles. The van der Waals surface area contributed by atoms with E-state index in [1.165, 1.54) is 24.6 Å². The Hall–Kier alpha value is -1.49. The van der Waals surface area contributed by atoms with Gasteiger partial charge in [-0.05, 0) is 25.0 Å². The zero-order chi connectivity index (χ0) is 13.8. The molecule has 0 aromatic carbocycles. The average molecular weight is 289 g/mol. The van der Waals surface area contributed by atoms with E-state index in [-0.39, 0.29) is 5.91 Å². The lowest BCUT2D eigenvalue weighted by Gasteiger charge is -2.19. The summed E-state index contributed by atoms with van der Waals surface area (Å²) in [6.45, 7) is 1.84. The highest BCUT2D eigenvalue weighted by Crippen LogP contribution is 2.19. The lowest BCUT2D eigenvalue weighted by atomic mass is 10.2. The molecule has 0 N–H and O–H groups in total. The molecule has 0 atom stereocenters. The van der Waals surface area contributed by atoms with Gasteiger partial charge in [-0.2, -0.15) is 0 Å². The Morgan fingerprint density at radius 1 is 1.20 bits per heavy atom. The van der Waals surface area contributed by atoms with Crippen molar-refractivity contribution in [2.24, 2.45) is 0 Å². The van der Waals surface area contributed by atoms with Crippen LogP contribution in [-0.4, -0.2) is 39.0 Å². The monoisotopic (exact) mass is 289 g/mol. The normalized spacial score (nSPS) is 16.3. The molecule has 1 amide bonds. The zero-order valence-corrected chi connectivity index (χ0v) is 12.3. The van der Waals surface area contributed by atoms with Crippen LogP contribution in [0.15, 0.2) is 35.7 Å². The molecule has 0 spiro atoms. The van der Waals surface area contributed by atoms with E-state index in [1.807, 2.05) is 39.9 Å². The van der Waals surface area contributed by atoms with Crippen LogP contribution in [0.25, 0.3) is 5.52 Å². The maximum Gasteiger partial charge on any atom is 0.233 e. The van der Waals surface area contributed by atoms with Gasteiger partial charge in [-0.3, -0.25) is 9.20 Å². The summed E-state index contributed by atoms with van der Waals surface area (Å²) in [5.41, 5.74) is 1.07. The van der Waals surface area contributed by atoms with Gasteiger partial charge in [-0.1, -0.05) is 30.7 Å². The first kappa shape index (κ1) is 13.5. The van der Waals surface area contributed by atoms with E-state index in [4.69, 9.17) is 0 Å². The van der Waals surface area contributed by atoms with Gasteiger partial charge < -0.3 is 4.90 Å². The molecular formula is C15H19N3OS. The number of pyridine rings is 1. The summed E-state index contributed by atoms with van der Waals surface area (Å²) in [6.07, 6.45) is 8.62. The first-order valence-corrected chi connectivity index (χ1v) is 8.16. The maximum atomic E-state index is 12.3. The number of hydrogen-bond donors (Lipinski definition) is 0. The Labute approximate surface area is 123 Å². The minimum Gasteiger partial charge on any atom is -0.342 e. The molecule has 2 aromatic rings. The fourth-order valence-corrected chi connectivity index (χ4v) is 3.43. The van der Waals surface area contributed by atoms with E-state index in [1.54, 1.807) is 0 Å². The molecule has 1 aliphatic heterocycles. The molecule has 1 saturated heterocycles. The van der Waals surface area contributed by atoms with Crippen molar-refractivity contribution in [3.05, 3.63) is 30.6 Å². The van der Waals surface area contributed by atoms with Crippen molar-refractivity contribution in [2.45, 2.75) is 30.8 Å². The molecule has 4 nitrogen and oxygen atoms in total. The third kappa shape index (κ3) is 2.98. The van der Waals surface area contributed by atoms with Gasteiger partial charge in [0.25, 0.3) is 0 Å². The van der Waals surface area contributed by atoms with Crippen molar-refractivity contribution in [1.82, 2.24) is 14.3 Å². The number of likely N-dealkylation sites (tertiary alicyclic amines) is 1. The standard InChI is InChI=1S/C15H19N3OS/c19-14(17-8-4-1-2-5-9-17)12-20-15-16-11-13-7-3-6-10-18(13)15/h3,6-7,10-11H,1-2,4-5,8-9,12H2. The highest BCUT2D eigenvalue weighted by atomic mass is 32.2. The van der Waals surface area contributed by atoms with Crippen LogP contribution in [0, 0.1) is 0 Å². The lowest BCUT2D eigenvalue weighted by Crippen LogP contribution is -2.33. The molecule has 20 heavy (non-hydrogen) atoms. The number of rotatable bonds is 3. The predicted molar refractivity (Wildman–Crippen MR) is 81.0 cm³/mol. The van der Waals surface area contributed by atoms with Crippen LogP contribution in [0.3, 0.4) is 0 Å². The molecule has 0 aliphatic carbocycles. The van der Waals surface area contributed by atoms with Crippen molar-refractivity contribution in [1.29, 1.82) is 0 Å². The maximum absolute atomic E-state index is 12.3. The van der Waals surface area contributed by atoms with Crippen LogP contribution >= 0.6 is 11.8 Å². The molecule has 0 bridgehead atoms. The molecule has 2 aromatic heterocycles. The number of fused-ring (bicyclic) bond motifs is 1. The van der Waals surface area contributed by atoms with Crippen LogP contribution in [0.2, 0.25) is 0 Å². The zero-order valence-electron chi connectivity index (χ0n) is 11.5. The van der Waals surface area contributed by atoms with Crippen molar-refractivity contribution in [3.8, 4) is 0 Å². The average Bonchev–Trinajstić information content (AvgIpc) is 2.70. The van der Waals surface area contributed by atoms with E-state index in [0.29, 0.717) is 5.75 Å². The Balaban J connectivity index is 1.62. The fourth-order valence-electron chi connectivity index (χ4n) is 2.56. The van der Waals surface area contributed by atoms with Crippen LogP contribution in [0.4, 0.5) is 0 Å². The molecule has 1 aliphatic rings. The third-order valence-corrected chi connectivity index (χ3v) is 4.64. The first-order chi connectivity index (χ1) is 9.84. The summed E-state index contributed by atoms with van der Waals surface area (Å²) >= 11 is 1.53. The topological polar surface area (TPSA) is 37.6 Å². The van der Waals surface area contributed by atoms with E-state index in [9.17, 15) is 4.79 Å². The lowest BCUT2D eigenvalue weighted by molar-refractivity contribution is -0.128. The predicted octanol–water partition coefficient (Wildman–Crippen LogP) is 2.83. The van der Waals surface area contributed by atoms with Crippen molar-refractivity contribution in [2.75, 3.05) is 18.8 Å². The van der Waals surface area contributed by atoms with Crippen LogP contribution in [0.5, 0.6) is 0 Å². The van der Waals surface area contributed by atoms with Crippen LogP contribution in [0.1, 0.15) is 25.7 Å². The Bertz CT molecular complexity index is 588. The Morgan fingerprint density at radius 2 is 2.00 bits per heavy atom. The molecular weight excluding hydrogens is 270 g/mol. The van der Waals surface area contributed by atoms with Crippen molar-refractivity contribution < 1.29 is 4.79 Å². The number of carbonyl (C=O) groups excluding carboxylic acids is 1. The van der Waals surface area contributed by atoms with Gasteiger partial charge in [-0.15, -0.1) is 0 Å². The first-order valence-electron chi connectivity index (χ1n) is 7.17. The van der Waals surface area contributed by atoms with Gasteiger partial charge in [0.15, 0.2) is 5.16 Å². The highest BCUT2D eigenvalue weighted by molar-refractivity contribution is 7.99. The molecule has 3 heterocycles. The minimum atomic E-state index is 0.240. The van der Waals surface area contributed by atoms with Crippen molar-refractivity contribution >= 4 is 23.2 Å². The quantitative estimate of drug-likeness (QED) is 0.815. The van der Waals surface area contributed by atoms with Crippen LogP contribution in [-0.2, 0) is 4.79 Å². The van der Waals surface area contributed by atoms with Gasteiger partial charge in [-0.25, -0.2) is 4.98 Å². The minimum absolute atomic E-state index is 0.240. The summed E-state index contributed by atoms with van der Waals surface area (Å²) in [5.74, 6) is 0.721. The SMILES string of the molecule is O=C(CSc1ncc2ccccn12)N1CCCCCC1. The summed E-state index contributed by atoms with van der Waals surface area (Å²) in [4.78, 5) is 18.6. The number of imidazole rings is 1. The molecule has 5 heteroatoms. The van der Waals surface area contributed by atoms with Crippen molar-refractivity contribution in [3.63, 3.8) is 0 Å². The molecule has 106 valence electrons. The number of carbonyl (C=O) groups is 1.